The maximum absolute atomic E-state index is 14.4. The van der Waals surface area contributed by atoms with Gasteiger partial charge in [0, 0.05) is 0 Å². The third kappa shape index (κ3) is 4.31. The number of carboxylic acids is 2. The lowest BCUT2D eigenvalue weighted by molar-refractivity contribution is -0.298. The first kappa shape index (κ1) is 35.7. The summed E-state index contributed by atoms with van der Waals surface area (Å²) in [5.41, 5.74) is -3.95. The summed E-state index contributed by atoms with van der Waals surface area (Å²) in [5, 5.41) is 74.4. The number of allylic oxidation sites excluding steroid dienone is 1. The highest BCUT2D eigenvalue weighted by atomic mass is 16.7. The van der Waals surface area contributed by atoms with Gasteiger partial charge in [-0.15, -0.1) is 0 Å². The van der Waals surface area contributed by atoms with Gasteiger partial charge in [-0.25, -0.2) is 0 Å². The standard InChI is InChI=1S/C36H54O12/c1-16(2)17-9-12-35(31(46)48-29-26(40)25(39)24(38)19(15-37)47-29)13-14-36(30(44)45)18(22(17)35)7-8-21-33(36,5)11-10-20-32(3,4)27(41)23(28(42)43)34(20,21)6/h17-27,29,37-41H,1,7-15H2,2-6H3,(H,42,43)(H,44,45). The summed E-state index contributed by atoms with van der Waals surface area (Å²) in [5.74, 6) is -5.28. The maximum atomic E-state index is 14.4. The van der Waals surface area contributed by atoms with Gasteiger partial charge >= 0.3 is 17.9 Å². The summed E-state index contributed by atoms with van der Waals surface area (Å²) in [6.07, 6.45) is -5.63. The van der Waals surface area contributed by atoms with Crippen molar-refractivity contribution in [2.75, 3.05) is 6.61 Å². The van der Waals surface area contributed by atoms with Crippen LogP contribution in [-0.4, -0.2) is 97.1 Å². The predicted octanol–water partition coefficient (Wildman–Crippen LogP) is 2.33. The van der Waals surface area contributed by atoms with Crippen molar-refractivity contribution in [3.8, 4) is 0 Å². The normalized spacial score (nSPS) is 52.3. The largest absolute Gasteiger partial charge is 0.481 e. The van der Waals surface area contributed by atoms with Gasteiger partial charge in [-0.2, -0.15) is 0 Å². The van der Waals surface area contributed by atoms with Crippen molar-refractivity contribution in [2.24, 2.45) is 62.6 Å². The highest BCUT2D eigenvalue weighted by Crippen LogP contribution is 2.79. The van der Waals surface area contributed by atoms with Gasteiger partial charge in [-0.3, -0.25) is 14.4 Å². The molecule has 7 N–H and O–H groups in total. The number of carboxylic acid groups (broad SMARTS) is 2. The van der Waals surface area contributed by atoms with Gasteiger partial charge in [0.05, 0.1) is 29.5 Å². The molecule has 0 aromatic rings. The van der Waals surface area contributed by atoms with E-state index in [1.807, 2.05) is 34.6 Å². The van der Waals surface area contributed by atoms with Crippen molar-refractivity contribution in [1.29, 1.82) is 0 Å². The topological polar surface area (TPSA) is 211 Å². The summed E-state index contributed by atoms with van der Waals surface area (Å²) < 4.78 is 11.4. The fourth-order valence-corrected chi connectivity index (χ4v) is 13.3. The predicted molar refractivity (Wildman–Crippen MR) is 169 cm³/mol. The zero-order chi connectivity index (χ0) is 35.5. The molecule has 5 saturated carbocycles. The summed E-state index contributed by atoms with van der Waals surface area (Å²) in [4.78, 5) is 41.3. The lowest BCUT2D eigenvalue weighted by atomic mass is 9.33. The zero-order valence-corrected chi connectivity index (χ0v) is 28.7. The van der Waals surface area contributed by atoms with E-state index in [2.05, 4.69) is 6.58 Å². The number of rotatable bonds is 6. The Bertz CT molecular complexity index is 1360. The SMILES string of the molecule is C=C(C)C1CCC2(C(=O)OC3OC(CO)C(O)C(O)C3O)CCC3(C(=O)O)C(CCC4C5(C)C(C(=O)O)C(O)C(C)(C)C5CCC43C)C12. The molecular formula is C36H54O12. The number of esters is 1. The molecule has 1 heterocycles. The van der Waals surface area contributed by atoms with E-state index in [4.69, 9.17) is 9.47 Å². The third-order valence-corrected chi connectivity index (χ3v) is 15.4. The Morgan fingerprint density at radius 2 is 1.52 bits per heavy atom. The van der Waals surface area contributed by atoms with Crippen LogP contribution < -0.4 is 0 Å². The van der Waals surface area contributed by atoms with E-state index >= 15 is 0 Å². The second-order valence-electron chi connectivity index (χ2n) is 17.2. The molecule has 0 aromatic carbocycles. The van der Waals surface area contributed by atoms with Crippen molar-refractivity contribution in [1.82, 2.24) is 0 Å². The maximum Gasteiger partial charge on any atom is 0.314 e. The van der Waals surface area contributed by atoms with Crippen molar-refractivity contribution < 1.29 is 59.6 Å². The van der Waals surface area contributed by atoms with Crippen LogP contribution in [0.2, 0.25) is 0 Å². The number of hydrogen-bond donors (Lipinski definition) is 7. The van der Waals surface area contributed by atoms with Gasteiger partial charge in [0.15, 0.2) is 0 Å². The molecule has 6 fully saturated rings. The van der Waals surface area contributed by atoms with Gasteiger partial charge in [-0.05, 0) is 104 Å². The van der Waals surface area contributed by atoms with Gasteiger partial charge in [0.2, 0.25) is 6.29 Å². The molecule has 12 heteroatoms. The summed E-state index contributed by atoms with van der Waals surface area (Å²) in [6, 6.07) is 0. The fraction of sp³-hybridized carbons (Fsp3) is 0.861. The van der Waals surface area contributed by atoms with Crippen LogP contribution in [0.1, 0.15) is 86.0 Å². The number of aliphatic carboxylic acids is 2. The third-order valence-electron chi connectivity index (χ3n) is 15.4. The average Bonchev–Trinajstić information content (AvgIpc) is 3.48. The lowest BCUT2D eigenvalue weighted by Gasteiger charge is -2.69. The quantitative estimate of drug-likeness (QED) is 0.159. The van der Waals surface area contributed by atoms with Crippen LogP contribution in [0.5, 0.6) is 0 Å². The van der Waals surface area contributed by atoms with Crippen molar-refractivity contribution in [2.45, 2.75) is 123 Å². The van der Waals surface area contributed by atoms with E-state index in [-0.39, 0.29) is 30.6 Å². The molecule has 48 heavy (non-hydrogen) atoms. The molecule has 16 atom stereocenters. The molecule has 0 spiro atoms. The first-order valence-electron chi connectivity index (χ1n) is 17.6. The smallest absolute Gasteiger partial charge is 0.314 e. The van der Waals surface area contributed by atoms with E-state index in [0.717, 1.165) is 5.57 Å². The van der Waals surface area contributed by atoms with E-state index in [1.54, 1.807) is 0 Å². The van der Waals surface area contributed by atoms with E-state index in [0.29, 0.717) is 38.5 Å². The van der Waals surface area contributed by atoms with E-state index in [9.17, 15) is 50.1 Å². The highest BCUT2D eigenvalue weighted by Gasteiger charge is 2.79. The Hall–Kier alpha value is -2.09. The Balaban J connectivity index is 1.41. The van der Waals surface area contributed by atoms with Crippen LogP contribution in [-0.2, 0) is 23.9 Å². The summed E-state index contributed by atoms with van der Waals surface area (Å²) in [6.45, 7) is 13.3. The van der Waals surface area contributed by atoms with E-state index < -0.39 is 106 Å². The van der Waals surface area contributed by atoms with Gasteiger partial charge < -0.3 is 45.2 Å². The molecule has 12 nitrogen and oxygen atoms in total. The number of fused-ring (bicyclic) bond motifs is 7. The average molecular weight is 679 g/mol. The molecule has 270 valence electrons. The molecule has 0 radical (unpaired) electrons. The number of carbonyl (C=O) groups excluding carboxylic acids is 1. The van der Waals surface area contributed by atoms with Crippen LogP contribution in [0.4, 0.5) is 0 Å². The molecule has 16 unspecified atom stereocenters. The van der Waals surface area contributed by atoms with Gasteiger partial charge in [0.25, 0.3) is 0 Å². The number of ether oxygens (including phenoxy) is 2. The first-order valence-corrected chi connectivity index (χ1v) is 17.6. The van der Waals surface area contributed by atoms with Crippen molar-refractivity contribution >= 4 is 17.9 Å². The molecule has 1 aliphatic heterocycles. The summed E-state index contributed by atoms with van der Waals surface area (Å²) >= 11 is 0. The molecule has 0 amide bonds. The minimum absolute atomic E-state index is 0.118. The van der Waals surface area contributed by atoms with Crippen LogP contribution in [0.25, 0.3) is 0 Å². The molecular weight excluding hydrogens is 624 g/mol. The van der Waals surface area contributed by atoms with Gasteiger partial charge in [-0.1, -0.05) is 39.8 Å². The Morgan fingerprint density at radius 1 is 0.854 bits per heavy atom. The Kier molecular flexibility index (Phi) is 8.53. The minimum atomic E-state index is -1.76. The van der Waals surface area contributed by atoms with Crippen molar-refractivity contribution in [3.05, 3.63) is 12.2 Å². The number of carbonyl (C=O) groups is 3. The van der Waals surface area contributed by atoms with Gasteiger partial charge in [0.1, 0.15) is 24.4 Å². The Morgan fingerprint density at radius 3 is 2.10 bits per heavy atom. The number of aliphatic hydroxyl groups excluding tert-OH is 5. The highest BCUT2D eigenvalue weighted by molar-refractivity contribution is 5.82. The molecule has 0 bridgehead atoms. The van der Waals surface area contributed by atoms with Crippen molar-refractivity contribution in [3.63, 3.8) is 0 Å². The lowest BCUT2D eigenvalue weighted by Crippen LogP contribution is -2.69. The second-order valence-corrected chi connectivity index (χ2v) is 17.2. The van der Waals surface area contributed by atoms with Crippen LogP contribution in [0, 0.1) is 62.6 Å². The summed E-state index contributed by atoms with van der Waals surface area (Å²) in [7, 11) is 0. The molecule has 6 rings (SSSR count). The monoisotopic (exact) mass is 678 g/mol. The number of aliphatic hydroxyl groups is 5. The molecule has 6 aliphatic rings. The Labute approximate surface area is 281 Å². The molecule has 0 aromatic heterocycles. The molecule has 1 saturated heterocycles. The van der Waals surface area contributed by atoms with E-state index in [1.165, 1.54) is 0 Å². The fourth-order valence-electron chi connectivity index (χ4n) is 13.3. The van der Waals surface area contributed by atoms with Crippen LogP contribution in [0.3, 0.4) is 0 Å². The number of hydrogen-bond acceptors (Lipinski definition) is 10. The second kappa shape index (κ2) is 11.5. The van der Waals surface area contributed by atoms with Crippen LogP contribution >= 0.6 is 0 Å². The van der Waals surface area contributed by atoms with Crippen LogP contribution in [0.15, 0.2) is 12.2 Å². The first-order chi connectivity index (χ1) is 22.3. The minimum Gasteiger partial charge on any atom is -0.481 e. The molecule has 5 aliphatic carbocycles. The zero-order valence-electron chi connectivity index (χ0n) is 28.7.